The van der Waals surface area contributed by atoms with Crippen molar-refractivity contribution in [1.29, 1.82) is 5.26 Å². The molecule has 0 N–H and O–H groups in total. The molecule has 2 saturated carbocycles. The van der Waals surface area contributed by atoms with Crippen LogP contribution in [0.2, 0.25) is 0 Å². The van der Waals surface area contributed by atoms with Crippen LogP contribution in [0.5, 0.6) is 0 Å². The number of nitriles is 1. The summed E-state index contributed by atoms with van der Waals surface area (Å²) >= 11 is 0. The number of methoxy groups -OCH3 is 1. The minimum absolute atomic E-state index is 0.0169. The summed E-state index contributed by atoms with van der Waals surface area (Å²) in [5, 5.41) is 9.19. The highest BCUT2D eigenvalue weighted by atomic mass is 16.5. The molecule has 0 aliphatic heterocycles. The Morgan fingerprint density at radius 2 is 2.12 bits per heavy atom. The fourth-order valence-corrected chi connectivity index (χ4v) is 3.68. The molecule has 0 saturated heterocycles. The summed E-state index contributed by atoms with van der Waals surface area (Å²) in [6.07, 6.45) is 3.15. The highest BCUT2D eigenvalue weighted by molar-refractivity contribution is 5.94. The number of nitrogens with zero attached hydrogens (tertiary/aromatic N) is 1. The van der Waals surface area contributed by atoms with Crippen molar-refractivity contribution < 1.29 is 9.53 Å². The zero-order valence-electron chi connectivity index (χ0n) is 11.0. The summed E-state index contributed by atoms with van der Waals surface area (Å²) in [6.45, 7) is 6.70. The summed E-state index contributed by atoms with van der Waals surface area (Å²) in [6, 6.07) is 2.05. The lowest BCUT2D eigenvalue weighted by Crippen LogP contribution is -2.29. The van der Waals surface area contributed by atoms with E-state index in [9.17, 15) is 10.1 Å². The lowest BCUT2D eigenvalue weighted by atomic mass is 9.68. The number of esters is 1. The van der Waals surface area contributed by atoms with Gasteiger partial charge in [-0.15, -0.1) is 0 Å². The fraction of sp³-hybridized carbons (Fsp3) is 0.714. The molecule has 92 valence electrons. The maximum Gasteiger partial charge on any atom is 0.348 e. The van der Waals surface area contributed by atoms with Gasteiger partial charge in [-0.1, -0.05) is 20.8 Å². The van der Waals surface area contributed by atoms with Crippen molar-refractivity contribution in [3.05, 3.63) is 11.1 Å². The van der Waals surface area contributed by atoms with E-state index in [0.29, 0.717) is 5.92 Å². The van der Waals surface area contributed by atoms with E-state index in [1.54, 1.807) is 0 Å². The maximum absolute atomic E-state index is 11.7. The number of carbonyl (C=O) groups excluding carboxylic acids is 1. The van der Waals surface area contributed by atoms with Gasteiger partial charge in [0, 0.05) is 0 Å². The summed E-state index contributed by atoms with van der Waals surface area (Å²) in [5.41, 5.74) is 1.42. The lowest BCUT2D eigenvalue weighted by molar-refractivity contribution is -0.135. The van der Waals surface area contributed by atoms with Crippen LogP contribution in [0.15, 0.2) is 11.1 Å². The Balaban J connectivity index is 2.54. The van der Waals surface area contributed by atoms with Gasteiger partial charge in [0.2, 0.25) is 0 Å². The largest absolute Gasteiger partial charge is 0.465 e. The van der Waals surface area contributed by atoms with Gasteiger partial charge in [0.05, 0.1) is 7.11 Å². The van der Waals surface area contributed by atoms with Crippen molar-refractivity contribution in [1.82, 2.24) is 0 Å². The summed E-state index contributed by atoms with van der Waals surface area (Å²) in [4.78, 5) is 11.7. The molecule has 0 aromatic heterocycles. The van der Waals surface area contributed by atoms with Gasteiger partial charge in [0.1, 0.15) is 11.6 Å². The molecular formula is C14H19NO2. The van der Waals surface area contributed by atoms with E-state index in [2.05, 4.69) is 20.8 Å². The van der Waals surface area contributed by atoms with E-state index in [4.69, 9.17) is 4.74 Å². The van der Waals surface area contributed by atoms with Crippen LogP contribution in [0.3, 0.4) is 0 Å². The highest BCUT2D eigenvalue weighted by Crippen LogP contribution is 2.68. The Morgan fingerprint density at radius 1 is 1.47 bits per heavy atom. The predicted molar refractivity (Wildman–Crippen MR) is 63.9 cm³/mol. The van der Waals surface area contributed by atoms with Gasteiger partial charge >= 0.3 is 5.97 Å². The average Bonchev–Trinajstić information content (AvgIpc) is 2.62. The monoisotopic (exact) mass is 233 g/mol. The Kier molecular flexibility index (Phi) is 2.57. The molecule has 0 radical (unpaired) electrons. The Bertz CT molecular complexity index is 442. The molecule has 0 spiro atoms. The molecule has 0 amide bonds. The van der Waals surface area contributed by atoms with E-state index >= 15 is 0 Å². The molecule has 3 nitrogen and oxygen atoms in total. The number of hydrogen-bond acceptors (Lipinski definition) is 3. The first-order valence-corrected chi connectivity index (χ1v) is 6.10. The van der Waals surface area contributed by atoms with E-state index < -0.39 is 5.97 Å². The molecule has 2 bridgehead atoms. The molecule has 0 aromatic carbocycles. The minimum atomic E-state index is -0.480. The van der Waals surface area contributed by atoms with Gasteiger partial charge in [-0.05, 0) is 41.6 Å². The van der Waals surface area contributed by atoms with Gasteiger partial charge in [-0.25, -0.2) is 4.79 Å². The molecular weight excluding hydrogens is 214 g/mol. The van der Waals surface area contributed by atoms with E-state index in [-0.39, 0.29) is 16.4 Å². The molecule has 17 heavy (non-hydrogen) atoms. The van der Waals surface area contributed by atoms with Crippen LogP contribution in [0, 0.1) is 28.1 Å². The summed E-state index contributed by atoms with van der Waals surface area (Å²) in [7, 11) is 1.33. The Morgan fingerprint density at radius 3 is 2.47 bits per heavy atom. The molecule has 2 fully saturated rings. The third-order valence-corrected chi connectivity index (χ3v) is 5.36. The smallest absolute Gasteiger partial charge is 0.348 e. The number of ether oxygens (including phenoxy) is 1. The normalized spacial score (nSPS) is 36.5. The molecule has 2 aliphatic carbocycles. The fourth-order valence-electron chi connectivity index (χ4n) is 3.68. The quantitative estimate of drug-likeness (QED) is 0.397. The second-order valence-corrected chi connectivity index (χ2v) is 5.95. The zero-order chi connectivity index (χ0) is 12.8. The highest BCUT2D eigenvalue weighted by Gasteiger charge is 2.60. The molecule has 3 heteroatoms. The van der Waals surface area contributed by atoms with Crippen LogP contribution < -0.4 is 0 Å². The average molecular weight is 233 g/mol. The molecule has 2 rings (SSSR count). The van der Waals surface area contributed by atoms with Gasteiger partial charge in [-0.2, -0.15) is 5.26 Å². The predicted octanol–water partition coefficient (Wildman–Crippen LogP) is 2.83. The SMILES string of the molecule is COC(=O)/C(C#N)=C1/C[C@@H]2CC[C@]1(C)C2(C)C. The molecule has 0 heterocycles. The van der Waals surface area contributed by atoms with Crippen molar-refractivity contribution in [2.45, 2.75) is 40.0 Å². The topological polar surface area (TPSA) is 50.1 Å². The Hall–Kier alpha value is -1.30. The van der Waals surface area contributed by atoms with Gasteiger partial charge in [0.15, 0.2) is 0 Å². The van der Waals surface area contributed by atoms with Crippen molar-refractivity contribution in [3.63, 3.8) is 0 Å². The number of rotatable bonds is 1. The first-order valence-electron chi connectivity index (χ1n) is 6.10. The van der Waals surface area contributed by atoms with Crippen molar-refractivity contribution in [3.8, 4) is 6.07 Å². The number of allylic oxidation sites excluding steroid dienone is 1. The molecule has 2 atom stereocenters. The maximum atomic E-state index is 11.7. The van der Waals surface area contributed by atoms with Crippen LogP contribution in [0.25, 0.3) is 0 Å². The van der Waals surface area contributed by atoms with Crippen LogP contribution >= 0.6 is 0 Å². The number of carbonyl (C=O) groups is 1. The minimum Gasteiger partial charge on any atom is -0.465 e. The first kappa shape index (κ1) is 12.2. The van der Waals surface area contributed by atoms with Gasteiger partial charge in [0.25, 0.3) is 0 Å². The lowest BCUT2D eigenvalue weighted by Gasteiger charge is -2.35. The van der Waals surface area contributed by atoms with Gasteiger partial charge < -0.3 is 4.74 Å². The third-order valence-electron chi connectivity index (χ3n) is 5.36. The van der Waals surface area contributed by atoms with Crippen LogP contribution in [0.1, 0.15) is 40.0 Å². The second kappa shape index (κ2) is 3.60. The van der Waals surface area contributed by atoms with Gasteiger partial charge in [-0.3, -0.25) is 0 Å². The third kappa shape index (κ3) is 1.36. The summed E-state index contributed by atoms with van der Waals surface area (Å²) in [5.74, 6) is 0.114. The van der Waals surface area contributed by atoms with Crippen LogP contribution in [-0.4, -0.2) is 13.1 Å². The Labute approximate surface area is 102 Å². The van der Waals surface area contributed by atoms with E-state index in [1.807, 2.05) is 6.07 Å². The van der Waals surface area contributed by atoms with Crippen LogP contribution in [-0.2, 0) is 9.53 Å². The second-order valence-electron chi connectivity index (χ2n) is 5.95. The first-order chi connectivity index (χ1) is 7.88. The molecule has 0 unspecified atom stereocenters. The zero-order valence-corrected chi connectivity index (χ0v) is 11.0. The molecule has 0 aromatic rings. The van der Waals surface area contributed by atoms with Crippen LogP contribution in [0.4, 0.5) is 0 Å². The van der Waals surface area contributed by atoms with Crippen molar-refractivity contribution in [2.24, 2.45) is 16.7 Å². The van der Waals surface area contributed by atoms with Crippen molar-refractivity contribution >= 4 is 5.97 Å². The van der Waals surface area contributed by atoms with Crippen molar-refractivity contribution in [2.75, 3.05) is 7.11 Å². The number of hydrogen-bond donors (Lipinski definition) is 0. The molecule has 2 aliphatic rings. The van der Waals surface area contributed by atoms with E-state index in [0.717, 1.165) is 18.4 Å². The standard InChI is InChI=1S/C14H19NO2/c1-13(2)9-5-6-14(13,3)11(7-9)10(8-15)12(16)17-4/h9H,5-7H2,1-4H3/b11-10-/t9-,14-/m0/s1. The van der Waals surface area contributed by atoms with E-state index in [1.165, 1.54) is 13.5 Å². The number of fused-ring (bicyclic) bond motifs is 2. The summed E-state index contributed by atoms with van der Waals surface area (Å²) < 4.78 is 4.72.